The number of anilines is 1. The number of carbonyl (C=O) groups excluding carboxylic acids is 5. The Morgan fingerprint density at radius 1 is 1.07 bits per heavy atom. The van der Waals surface area contributed by atoms with Crippen LogP contribution in [0.4, 0.5) is 10.5 Å². The molecule has 1 aliphatic carbocycles. The monoisotopic (exact) mass is 548 g/mol. The summed E-state index contributed by atoms with van der Waals surface area (Å²) in [6.45, 7) is 1.02. The molecule has 2 aromatic rings. The number of carbonyl (C=O) groups is 5. The standard InChI is InChI=1S/C29H32N4O7/c1-32(28(38)39-18-19-8-3-2-4-9-19)16-7-17-40-29(14-6-15-29)31-21-11-5-10-20-24(21)27(37)33(26(20)36)22-12-13-23(34)30-25(22)35/h2-5,8-11,22,31H,6-7,12-18H2,1H3,(H,30,34,35). The Labute approximate surface area is 231 Å². The van der Waals surface area contributed by atoms with Gasteiger partial charge < -0.3 is 19.7 Å². The molecule has 2 aromatic carbocycles. The van der Waals surface area contributed by atoms with Gasteiger partial charge in [0.15, 0.2) is 0 Å². The van der Waals surface area contributed by atoms with Gasteiger partial charge in [0.2, 0.25) is 11.8 Å². The predicted octanol–water partition coefficient (Wildman–Crippen LogP) is 3.06. The molecule has 2 N–H and O–H groups in total. The van der Waals surface area contributed by atoms with Crippen LogP contribution in [0, 0.1) is 0 Å². The molecule has 0 bridgehead atoms. The van der Waals surface area contributed by atoms with Gasteiger partial charge in [0.25, 0.3) is 11.8 Å². The van der Waals surface area contributed by atoms with Gasteiger partial charge in [0.05, 0.1) is 17.7 Å². The van der Waals surface area contributed by atoms with Gasteiger partial charge in [0, 0.05) is 25.7 Å². The molecule has 0 aromatic heterocycles. The lowest BCUT2D eigenvalue weighted by Gasteiger charge is -2.43. The third-order valence-electron chi connectivity index (χ3n) is 7.52. The minimum absolute atomic E-state index is 0.0613. The second-order valence-electron chi connectivity index (χ2n) is 10.3. The first-order valence-corrected chi connectivity index (χ1v) is 13.5. The fourth-order valence-electron chi connectivity index (χ4n) is 5.16. The normalized spacial score (nSPS) is 19.5. The predicted molar refractivity (Wildman–Crippen MR) is 143 cm³/mol. The van der Waals surface area contributed by atoms with Crippen LogP contribution >= 0.6 is 0 Å². The third kappa shape index (κ3) is 5.55. The lowest BCUT2D eigenvalue weighted by Crippen LogP contribution is -2.54. The van der Waals surface area contributed by atoms with Crippen molar-refractivity contribution < 1.29 is 33.4 Å². The van der Waals surface area contributed by atoms with Gasteiger partial charge in [0.1, 0.15) is 18.4 Å². The van der Waals surface area contributed by atoms with E-state index < -0.39 is 41.5 Å². The van der Waals surface area contributed by atoms with Gasteiger partial charge in [-0.25, -0.2) is 4.79 Å². The highest BCUT2D eigenvalue weighted by atomic mass is 16.6. The van der Waals surface area contributed by atoms with Crippen LogP contribution in [0.3, 0.4) is 0 Å². The summed E-state index contributed by atoms with van der Waals surface area (Å²) in [6.07, 6.45) is 2.68. The molecular weight excluding hydrogens is 516 g/mol. The van der Waals surface area contributed by atoms with Crippen molar-refractivity contribution in [2.24, 2.45) is 0 Å². The number of rotatable bonds is 10. The molecular formula is C29H32N4O7. The molecule has 1 saturated carbocycles. The van der Waals surface area contributed by atoms with Gasteiger partial charge in [-0.05, 0) is 49.8 Å². The van der Waals surface area contributed by atoms with E-state index in [4.69, 9.17) is 9.47 Å². The molecule has 0 radical (unpaired) electrons. The second kappa shape index (κ2) is 11.5. The number of hydrogen-bond acceptors (Lipinski definition) is 8. The van der Waals surface area contributed by atoms with Gasteiger partial charge in [-0.1, -0.05) is 36.4 Å². The molecule has 2 heterocycles. The topological polar surface area (TPSA) is 134 Å². The van der Waals surface area contributed by atoms with Crippen LogP contribution in [0.1, 0.15) is 64.8 Å². The summed E-state index contributed by atoms with van der Waals surface area (Å²) in [5, 5.41) is 5.56. The summed E-state index contributed by atoms with van der Waals surface area (Å²) in [5.74, 6) is -2.18. The average molecular weight is 549 g/mol. The lowest BCUT2D eigenvalue weighted by molar-refractivity contribution is -0.136. The van der Waals surface area contributed by atoms with E-state index in [1.165, 1.54) is 4.90 Å². The highest BCUT2D eigenvalue weighted by Crippen LogP contribution is 2.40. The SMILES string of the molecule is CN(CCCOC1(Nc2cccc3c2C(=O)N(C2CCC(=O)NC2=O)C3=O)CCC1)C(=O)OCc1ccccc1. The molecule has 1 saturated heterocycles. The first-order valence-electron chi connectivity index (χ1n) is 13.5. The number of fused-ring (bicyclic) bond motifs is 1. The van der Waals surface area contributed by atoms with E-state index in [9.17, 15) is 24.0 Å². The minimum atomic E-state index is -1.02. The zero-order chi connectivity index (χ0) is 28.3. The molecule has 1 atom stereocenters. The molecule has 5 rings (SSSR count). The van der Waals surface area contributed by atoms with Crippen molar-refractivity contribution in [3.05, 3.63) is 65.2 Å². The Kier molecular flexibility index (Phi) is 7.83. The highest BCUT2D eigenvalue weighted by molar-refractivity contribution is 6.25. The van der Waals surface area contributed by atoms with Crippen LogP contribution in [0.2, 0.25) is 0 Å². The highest BCUT2D eigenvalue weighted by Gasteiger charge is 2.47. The molecule has 2 aliphatic heterocycles. The third-order valence-corrected chi connectivity index (χ3v) is 7.52. The van der Waals surface area contributed by atoms with E-state index in [1.54, 1.807) is 25.2 Å². The lowest BCUT2D eigenvalue weighted by atomic mass is 9.87. The zero-order valence-corrected chi connectivity index (χ0v) is 22.3. The molecule has 1 unspecified atom stereocenters. The Morgan fingerprint density at radius 2 is 1.85 bits per heavy atom. The fraction of sp³-hybridized carbons (Fsp3) is 0.414. The summed E-state index contributed by atoms with van der Waals surface area (Å²) in [4.78, 5) is 65.2. The second-order valence-corrected chi connectivity index (χ2v) is 10.3. The number of piperidine rings is 1. The van der Waals surface area contributed by atoms with Crippen LogP contribution < -0.4 is 10.6 Å². The zero-order valence-electron chi connectivity index (χ0n) is 22.3. The molecule has 0 spiro atoms. The summed E-state index contributed by atoms with van der Waals surface area (Å²) in [6, 6.07) is 13.4. The Bertz CT molecular complexity index is 1320. The van der Waals surface area contributed by atoms with Crippen molar-refractivity contribution in [1.82, 2.24) is 15.1 Å². The van der Waals surface area contributed by atoms with Crippen molar-refractivity contribution in [3.63, 3.8) is 0 Å². The van der Waals surface area contributed by atoms with E-state index in [-0.39, 0.29) is 30.6 Å². The van der Waals surface area contributed by atoms with E-state index in [1.807, 2.05) is 30.3 Å². The maximum Gasteiger partial charge on any atom is 0.409 e. The van der Waals surface area contributed by atoms with Gasteiger partial charge in [-0.15, -0.1) is 0 Å². The Hall–Kier alpha value is -4.25. The summed E-state index contributed by atoms with van der Waals surface area (Å²) in [7, 11) is 1.68. The number of hydrogen-bond donors (Lipinski definition) is 2. The first kappa shape index (κ1) is 27.3. The summed E-state index contributed by atoms with van der Waals surface area (Å²) in [5.41, 5.74) is 1.09. The van der Waals surface area contributed by atoms with Crippen LogP contribution in [-0.4, -0.2) is 71.5 Å². The van der Waals surface area contributed by atoms with Gasteiger partial charge in [-0.3, -0.25) is 29.4 Å². The van der Waals surface area contributed by atoms with Crippen LogP contribution in [0.15, 0.2) is 48.5 Å². The molecule has 5 amide bonds. The van der Waals surface area contributed by atoms with E-state index in [0.29, 0.717) is 38.1 Å². The molecule has 2 fully saturated rings. The maximum atomic E-state index is 13.4. The van der Waals surface area contributed by atoms with Crippen molar-refractivity contribution in [2.75, 3.05) is 25.5 Å². The summed E-state index contributed by atoms with van der Waals surface area (Å²) < 4.78 is 11.6. The molecule has 210 valence electrons. The smallest absolute Gasteiger partial charge is 0.409 e. The minimum Gasteiger partial charge on any atom is -0.445 e. The van der Waals surface area contributed by atoms with Crippen molar-refractivity contribution >= 4 is 35.4 Å². The van der Waals surface area contributed by atoms with E-state index in [0.717, 1.165) is 16.9 Å². The van der Waals surface area contributed by atoms with E-state index >= 15 is 0 Å². The van der Waals surface area contributed by atoms with Gasteiger partial charge >= 0.3 is 6.09 Å². The molecule has 40 heavy (non-hydrogen) atoms. The first-order chi connectivity index (χ1) is 19.3. The molecule has 11 nitrogen and oxygen atoms in total. The molecule has 11 heteroatoms. The maximum absolute atomic E-state index is 13.4. The van der Waals surface area contributed by atoms with Crippen LogP contribution in [0.25, 0.3) is 0 Å². The largest absolute Gasteiger partial charge is 0.445 e. The number of nitrogens with zero attached hydrogens (tertiary/aromatic N) is 2. The fourth-order valence-corrected chi connectivity index (χ4v) is 5.16. The Morgan fingerprint density at radius 3 is 2.55 bits per heavy atom. The van der Waals surface area contributed by atoms with Crippen molar-refractivity contribution in [1.29, 1.82) is 0 Å². The number of amides is 5. The van der Waals surface area contributed by atoms with E-state index in [2.05, 4.69) is 10.6 Å². The van der Waals surface area contributed by atoms with Crippen molar-refractivity contribution in [2.45, 2.75) is 56.9 Å². The van der Waals surface area contributed by atoms with Gasteiger partial charge in [-0.2, -0.15) is 0 Å². The average Bonchev–Trinajstić information content (AvgIpc) is 3.18. The number of imide groups is 2. The van der Waals surface area contributed by atoms with Crippen LogP contribution in [-0.2, 0) is 25.7 Å². The number of ether oxygens (including phenoxy) is 2. The van der Waals surface area contributed by atoms with Crippen LogP contribution in [0.5, 0.6) is 0 Å². The number of nitrogens with one attached hydrogen (secondary N) is 2. The summed E-state index contributed by atoms with van der Waals surface area (Å²) >= 11 is 0. The quantitative estimate of drug-likeness (QED) is 0.263. The molecule has 3 aliphatic rings. The van der Waals surface area contributed by atoms with Crippen molar-refractivity contribution in [3.8, 4) is 0 Å². The Balaban J connectivity index is 1.17. The number of benzene rings is 2.